The number of aliphatic hydroxyl groups excluding tert-OH is 1. The zero-order valence-electron chi connectivity index (χ0n) is 29.8. The first-order valence-electron chi connectivity index (χ1n) is 16.7. The number of nitrogens with zero attached hydrogens (tertiary/aromatic N) is 2. The molecule has 0 aromatic heterocycles. The molecule has 2 N–H and O–H groups in total. The normalized spacial score (nSPS) is 44.0. The maximum Gasteiger partial charge on any atom is 0.316 e. The first-order chi connectivity index (χ1) is 21.7. The summed E-state index contributed by atoms with van der Waals surface area (Å²) in [4.78, 5) is 59.7. The number of amides is 1. The standard InChI is InChI=1S/C34H56N2O11/c1-12-25-34(9,42)30-19(4)26(35-22(7)37)17(2)14-33(8,44-16-23(38)15-43-30)29(20(5)27(39)21(6)31(41)46-25)47-32-28(40)24(36(10)11)13-18(3)45-32/h17-21,24-25,28-30,32,40,42H,12-16H2,1-11H3/t17-,18-,19-,20+,21?,24+,25+,28-,29-,30+,32+,33?,34-/m1/s1. The minimum atomic E-state index is -1.85. The highest BCUT2D eigenvalue weighted by Gasteiger charge is 2.53. The molecule has 2 bridgehead atoms. The summed E-state index contributed by atoms with van der Waals surface area (Å²) in [6, 6.07) is -0.313. The van der Waals surface area contributed by atoms with Gasteiger partial charge in [-0.15, -0.1) is 0 Å². The summed E-state index contributed by atoms with van der Waals surface area (Å²) in [5.74, 6) is -5.80. The van der Waals surface area contributed by atoms with Gasteiger partial charge in [-0.05, 0) is 67.0 Å². The highest BCUT2D eigenvalue weighted by Crippen LogP contribution is 2.40. The van der Waals surface area contributed by atoms with E-state index in [1.807, 2.05) is 32.8 Å². The lowest BCUT2D eigenvalue weighted by Crippen LogP contribution is -2.60. The molecule has 47 heavy (non-hydrogen) atoms. The van der Waals surface area contributed by atoms with E-state index in [0.717, 1.165) is 0 Å². The van der Waals surface area contributed by atoms with Crippen molar-refractivity contribution < 1.29 is 53.1 Å². The molecule has 268 valence electrons. The quantitative estimate of drug-likeness (QED) is 0.331. The number of fused-ring (bicyclic) bond motifs is 5. The molecular weight excluding hydrogens is 612 g/mol. The van der Waals surface area contributed by atoms with E-state index in [-0.39, 0.29) is 25.0 Å². The summed E-state index contributed by atoms with van der Waals surface area (Å²) in [5.41, 5.74) is -2.88. The minimum Gasteiger partial charge on any atom is -0.459 e. The molecule has 3 aliphatic rings. The Morgan fingerprint density at radius 1 is 1.06 bits per heavy atom. The predicted octanol–water partition coefficient (Wildman–Crippen LogP) is 2.12. The van der Waals surface area contributed by atoms with Crippen molar-refractivity contribution >= 4 is 29.2 Å². The summed E-state index contributed by atoms with van der Waals surface area (Å²) in [5, 5.41) is 23.4. The molecule has 1 amide bonds. The maximum absolute atomic E-state index is 14.1. The highest BCUT2D eigenvalue weighted by molar-refractivity contribution is 6.00. The Morgan fingerprint density at radius 2 is 1.70 bits per heavy atom. The lowest BCUT2D eigenvalue weighted by molar-refractivity contribution is -0.296. The van der Waals surface area contributed by atoms with E-state index in [2.05, 4.69) is 4.99 Å². The molecule has 3 rings (SSSR count). The molecule has 3 heterocycles. The Balaban J connectivity index is 2.29. The molecule has 0 radical (unpaired) electrons. The van der Waals surface area contributed by atoms with Crippen molar-refractivity contribution in [2.24, 2.45) is 28.7 Å². The second-order valence-corrected chi connectivity index (χ2v) is 14.4. The van der Waals surface area contributed by atoms with Crippen molar-refractivity contribution in [3.63, 3.8) is 0 Å². The van der Waals surface area contributed by atoms with Crippen LogP contribution in [0.4, 0.5) is 0 Å². The third kappa shape index (κ3) is 8.73. The molecule has 0 saturated carbocycles. The number of carbonyl (C=O) groups is 4. The molecule has 3 saturated heterocycles. The van der Waals surface area contributed by atoms with E-state index in [9.17, 15) is 29.4 Å². The number of ketones is 2. The van der Waals surface area contributed by atoms with Crippen molar-refractivity contribution in [1.82, 2.24) is 4.90 Å². The fourth-order valence-electron chi connectivity index (χ4n) is 7.55. The summed E-state index contributed by atoms with van der Waals surface area (Å²) in [6.07, 6.45) is -5.15. The third-order valence-electron chi connectivity index (χ3n) is 10.1. The summed E-state index contributed by atoms with van der Waals surface area (Å²) in [7, 11) is 3.69. The highest BCUT2D eigenvalue weighted by atomic mass is 16.7. The van der Waals surface area contributed by atoms with Gasteiger partial charge in [0.2, 0.25) is 5.91 Å². The number of ether oxygens (including phenoxy) is 5. The van der Waals surface area contributed by atoms with Crippen LogP contribution in [0.25, 0.3) is 0 Å². The van der Waals surface area contributed by atoms with Crippen LogP contribution in [0, 0.1) is 23.7 Å². The number of carbonyl (C=O) groups excluding carboxylic acids is 4. The zero-order valence-corrected chi connectivity index (χ0v) is 29.8. The number of aliphatic hydroxyl groups is 2. The first-order valence-corrected chi connectivity index (χ1v) is 16.7. The molecule has 0 aromatic rings. The van der Waals surface area contributed by atoms with E-state index in [1.54, 1.807) is 27.7 Å². The lowest BCUT2D eigenvalue weighted by atomic mass is 9.73. The zero-order chi connectivity index (χ0) is 35.6. The Bertz CT molecular complexity index is 1190. The van der Waals surface area contributed by atoms with Crippen LogP contribution < -0.4 is 0 Å². The van der Waals surface area contributed by atoms with Gasteiger partial charge in [0, 0.05) is 30.5 Å². The van der Waals surface area contributed by atoms with Crippen molar-refractivity contribution in [3.05, 3.63) is 0 Å². The average Bonchev–Trinajstić information content (AvgIpc) is 3.00. The van der Waals surface area contributed by atoms with Crippen molar-refractivity contribution in [1.29, 1.82) is 0 Å². The van der Waals surface area contributed by atoms with Crippen LogP contribution >= 0.6 is 0 Å². The minimum absolute atomic E-state index is 0.111. The second kappa shape index (κ2) is 15.6. The second-order valence-electron chi connectivity index (χ2n) is 14.4. The van der Waals surface area contributed by atoms with E-state index in [1.165, 1.54) is 20.8 Å². The molecule has 0 aromatic carbocycles. The number of Topliss-reactive ketones (excluding diaryl/α,β-unsaturated/α-hetero) is 2. The molecular formula is C34H56N2O11. The Labute approximate surface area is 278 Å². The average molecular weight is 669 g/mol. The smallest absolute Gasteiger partial charge is 0.316 e. The van der Waals surface area contributed by atoms with Gasteiger partial charge in [0.1, 0.15) is 36.9 Å². The van der Waals surface area contributed by atoms with Gasteiger partial charge in [-0.25, -0.2) is 4.99 Å². The summed E-state index contributed by atoms with van der Waals surface area (Å²) < 4.78 is 31.0. The molecule has 3 fully saturated rings. The fraction of sp³-hybridized carbons (Fsp3) is 0.853. The number of hydrogen-bond acceptors (Lipinski definition) is 12. The summed E-state index contributed by atoms with van der Waals surface area (Å²) >= 11 is 0. The van der Waals surface area contributed by atoms with Crippen LogP contribution in [0.3, 0.4) is 0 Å². The van der Waals surface area contributed by atoms with Gasteiger partial charge in [-0.1, -0.05) is 27.7 Å². The monoisotopic (exact) mass is 668 g/mol. The van der Waals surface area contributed by atoms with Crippen molar-refractivity contribution in [2.75, 3.05) is 27.3 Å². The molecule has 13 heteroatoms. The number of aliphatic imine (C=N–C) groups is 1. The van der Waals surface area contributed by atoms with Crippen LogP contribution in [0.15, 0.2) is 4.99 Å². The molecule has 13 atom stereocenters. The third-order valence-corrected chi connectivity index (χ3v) is 10.1. The molecule has 0 aliphatic carbocycles. The molecule has 0 spiro atoms. The van der Waals surface area contributed by atoms with Gasteiger partial charge in [0.15, 0.2) is 17.9 Å². The number of cyclic esters (lactones) is 1. The van der Waals surface area contributed by atoms with Crippen molar-refractivity contribution in [3.8, 4) is 0 Å². The predicted molar refractivity (Wildman–Crippen MR) is 172 cm³/mol. The van der Waals surface area contributed by atoms with Crippen molar-refractivity contribution in [2.45, 2.75) is 136 Å². The number of esters is 1. The SMILES string of the molecule is CC[C@@H]1OC(=O)C(C)C(=O)[C@H](C)[C@@H](O[C@@H]2O[C@H](C)C[C@H](N(C)C)[C@H]2O)C2(C)C[C@@H](C)C(=NC(C)=O)[C@@H](C)[C@H](OCC(=O)CO2)[C@]1(C)O. The largest absolute Gasteiger partial charge is 0.459 e. The van der Waals surface area contributed by atoms with Crippen LogP contribution in [0.2, 0.25) is 0 Å². The fourth-order valence-corrected chi connectivity index (χ4v) is 7.55. The van der Waals surface area contributed by atoms with Gasteiger partial charge in [0.05, 0.1) is 23.9 Å². The van der Waals surface area contributed by atoms with Gasteiger partial charge < -0.3 is 38.8 Å². The topological polar surface area (TPSA) is 170 Å². The van der Waals surface area contributed by atoms with Gasteiger partial charge >= 0.3 is 5.97 Å². The molecule has 2 unspecified atom stereocenters. The van der Waals surface area contributed by atoms with Crippen LogP contribution in [-0.4, -0.2) is 126 Å². The Hall–Kier alpha value is -2.13. The number of hydrogen-bond donors (Lipinski definition) is 2. The number of likely N-dealkylation sites (N-methyl/N-ethyl adjacent to an activating group) is 1. The van der Waals surface area contributed by atoms with Crippen LogP contribution in [0.1, 0.15) is 81.6 Å². The summed E-state index contributed by atoms with van der Waals surface area (Å²) in [6.45, 7) is 13.8. The van der Waals surface area contributed by atoms with E-state index in [4.69, 9.17) is 23.7 Å². The van der Waals surface area contributed by atoms with E-state index >= 15 is 0 Å². The Morgan fingerprint density at radius 3 is 2.28 bits per heavy atom. The lowest BCUT2D eigenvalue weighted by Gasteiger charge is -2.47. The molecule has 13 nitrogen and oxygen atoms in total. The van der Waals surface area contributed by atoms with Gasteiger partial charge in [0.25, 0.3) is 0 Å². The van der Waals surface area contributed by atoms with Crippen LogP contribution in [-0.2, 0) is 42.9 Å². The van der Waals surface area contributed by atoms with E-state index < -0.39 is 102 Å². The van der Waals surface area contributed by atoms with Gasteiger partial charge in [-0.3, -0.25) is 19.2 Å². The van der Waals surface area contributed by atoms with Gasteiger partial charge in [-0.2, -0.15) is 0 Å². The van der Waals surface area contributed by atoms with E-state index in [0.29, 0.717) is 12.1 Å². The Kier molecular flexibility index (Phi) is 13.1. The first kappa shape index (κ1) is 39.3. The maximum atomic E-state index is 14.1. The number of rotatable bonds is 4. The van der Waals surface area contributed by atoms with Crippen LogP contribution in [0.5, 0.6) is 0 Å². The molecule has 3 aliphatic heterocycles.